The molecule has 1 saturated carbocycles. The molecule has 0 unspecified atom stereocenters. The van der Waals surface area contributed by atoms with Gasteiger partial charge in [0.05, 0.1) is 12.7 Å². The number of rotatable bonds is 4. The van der Waals surface area contributed by atoms with E-state index in [0.29, 0.717) is 18.0 Å². The number of hydrogen-bond donors (Lipinski definition) is 1. The van der Waals surface area contributed by atoms with E-state index in [-0.39, 0.29) is 12.7 Å². The minimum atomic E-state index is -0.563. The lowest BCUT2D eigenvalue weighted by Crippen LogP contribution is -2.35. The number of benzene rings is 1. The minimum absolute atomic E-state index is 0.194. The first-order valence-corrected chi connectivity index (χ1v) is 5.44. The van der Waals surface area contributed by atoms with E-state index >= 15 is 0 Å². The molecule has 0 aliphatic heterocycles. The average molecular weight is 227 g/mol. The maximum Gasteiger partial charge on any atom is 0.126 e. The average Bonchev–Trinajstić information content (AvgIpc) is 2.14. The molecule has 4 heteroatoms. The summed E-state index contributed by atoms with van der Waals surface area (Å²) < 4.78 is 31.2. The number of ether oxygens (including phenoxy) is 1. The van der Waals surface area contributed by atoms with Crippen LogP contribution in [0.5, 0.6) is 0 Å². The Balaban J connectivity index is 1.81. The first-order valence-electron chi connectivity index (χ1n) is 5.44. The van der Waals surface area contributed by atoms with Gasteiger partial charge in [0.15, 0.2) is 0 Å². The monoisotopic (exact) mass is 227 g/mol. The van der Waals surface area contributed by atoms with Gasteiger partial charge in [0.1, 0.15) is 11.6 Å². The third kappa shape index (κ3) is 2.77. The molecule has 1 aliphatic rings. The summed E-state index contributed by atoms with van der Waals surface area (Å²) >= 11 is 0. The second kappa shape index (κ2) is 4.89. The van der Waals surface area contributed by atoms with E-state index in [1.165, 1.54) is 12.1 Å². The van der Waals surface area contributed by atoms with Crippen molar-refractivity contribution in [1.82, 2.24) is 0 Å². The van der Waals surface area contributed by atoms with Crippen LogP contribution < -0.4 is 5.73 Å². The molecule has 88 valence electrons. The second-order valence-corrected chi connectivity index (χ2v) is 4.28. The van der Waals surface area contributed by atoms with E-state index < -0.39 is 11.6 Å². The molecule has 0 heterocycles. The summed E-state index contributed by atoms with van der Waals surface area (Å²) in [6.45, 7) is 0.949. The highest BCUT2D eigenvalue weighted by molar-refractivity contribution is 5.17. The van der Waals surface area contributed by atoms with Crippen molar-refractivity contribution >= 4 is 0 Å². The molecule has 0 bridgehead atoms. The Morgan fingerprint density at radius 3 is 2.38 bits per heavy atom. The third-order valence-corrected chi connectivity index (χ3v) is 2.93. The van der Waals surface area contributed by atoms with Gasteiger partial charge in [-0.2, -0.15) is 0 Å². The van der Waals surface area contributed by atoms with Crippen LogP contribution in [0.25, 0.3) is 0 Å². The molecule has 0 saturated heterocycles. The smallest absolute Gasteiger partial charge is 0.126 e. The molecule has 0 radical (unpaired) electrons. The Labute approximate surface area is 93.4 Å². The molecule has 16 heavy (non-hydrogen) atoms. The topological polar surface area (TPSA) is 35.2 Å². The lowest BCUT2D eigenvalue weighted by Gasteiger charge is -2.34. The summed E-state index contributed by atoms with van der Waals surface area (Å²) in [5, 5.41) is 0. The van der Waals surface area contributed by atoms with Gasteiger partial charge < -0.3 is 10.5 Å². The Morgan fingerprint density at radius 2 is 1.81 bits per heavy atom. The van der Waals surface area contributed by atoms with Gasteiger partial charge in [0, 0.05) is 6.07 Å². The van der Waals surface area contributed by atoms with Gasteiger partial charge in [-0.1, -0.05) is 0 Å². The van der Waals surface area contributed by atoms with E-state index in [1.54, 1.807) is 0 Å². The van der Waals surface area contributed by atoms with Gasteiger partial charge >= 0.3 is 0 Å². The second-order valence-electron chi connectivity index (χ2n) is 4.28. The molecular formula is C12H15F2NO. The Kier molecular flexibility index (Phi) is 3.51. The molecule has 0 aromatic heterocycles. The first kappa shape index (κ1) is 11.5. The zero-order valence-corrected chi connectivity index (χ0v) is 8.96. The SMILES string of the molecule is NCC1CC(OCc2cc(F)cc(F)c2)C1. The van der Waals surface area contributed by atoms with Crippen LogP contribution in [0.4, 0.5) is 8.78 Å². The molecule has 1 fully saturated rings. The van der Waals surface area contributed by atoms with Crippen molar-refractivity contribution in [2.24, 2.45) is 11.7 Å². The molecular weight excluding hydrogens is 212 g/mol. The summed E-state index contributed by atoms with van der Waals surface area (Å²) in [7, 11) is 0. The predicted molar refractivity (Wildman–Crippen MR) is 56.7 cm³/mol. The zero-order valence-electron chi connectivity index (χ0n) is 8.96. The standard InChI is InChI=1S/C12H15F2NO/c13-10-1-9(2-11(14)5-10)7-16-12-3-8(4-12)6-15/h1-2,5,8,12H,3-4,6-7,15H2. The molecule has 1 aromatic carbocycles. The van der Waals surface area contributed by atoms with Crippen molar-refractivity contribution in [3.8, 4) is 0 Å². The van der Waals surface area contributed by atoms with Crippen LogP contribution in [0.1, 0.15) is 18.4 Å². The fourth-order valence-corrected chi connectivity index (χ4v) is 1.91. The number of halogens is 2. The summed E-state index contributed by atoms with van der Waals surface area (Å²) in [6, 6.07) is 3.45. The minimum Gasteiger partial charge on any atom is -0.374 e. The normalized spacial score (nSPS) is 24.2. The van der Waals surface area contributed by atoms with Crippen molar-refractivity contribution in [2.45, 2.75) is 25.6 Å². The van der Waals surface area contributed by atoms with Crippen LogP contribution >= 0.6 is 0 Å². The predicted octanol–water partition coefficient (Wildman–Crippen LogP) is 2.22. The van der Waals surface area contributed by atoms with Crippen LogP contribution in [0.15, 0.2) is 18.2 Å². The van der Waals surface area contributed by atoms with Crippen molar-refractivity contribution in [3.05, 3.63) is 35.4 Å². The van der Waals surface area contributed by atoms with E-state index in [9.17, 15) is 8.78 Å². The highest BCUT2D eigenvalue weighted by Gasteiger charge is 2.28. The molecule has 0 amide bonds. The van der Waals surface area contributed by atoms with E-state index in [1.807, 2.05) is 0 Å². The van der Waals surface area contributed by atoms with Crippen LogP contribution in [0.2, 0.25) is 0 Å². The van der Waals surface area contributed by atoms with Crippen molar-refractivity contribution in [2.75, 3.05) is 6.54 Å². The third-order valence-electron chi connectivity index (χ3n) is 2.93. The summed E-state index contributed by atoms with van der Waals surface area (Å²) in [5.74, 6) is -0.576. The van der Waals surface area contributed by atoms with Crippen LogP contribution in [0.3, 0.4) is 0 Å². The number of hydrogen-bond acceptors (Lipinski definition) is 2. The molecule has 2 N–H and O–H groups in total. The van der Waals surface area contributed by atoms with Gasteiger partial charge in [0.2, 0.25) is 0 Å². The molecule has 0 spiro atoms. The van der Waals surface area contributed by atoms with Gasteiger partial charge in [-0.15, -0.1) is 0 Å². The highest BCUT2D eigenvalue weighted by Crippen LogP contribution is 2.29. The van der Waals surface area contributed by atoms with Crippen LogP contribution in [-0.2, 0) is 11.3 Å². The molecule has 2 rings (SSSR count). The summed E-state index contributed by atoms with van der Waals surface area (Å²) in [6.07, 6.45) is 2.10. The largest absolute Gasteiger partial charge is 0.374 e. The molecule has 2 nitrogen and oxygen atoms in total. The Bertz CT molecular complexity index is 344. The van der Waals surface area contributed by atoms with Gasteiger partial charge in [-0.3, -0.25) is 0 Å². The van der Waals surface area contributed by atoms with Crippen LogP contribution in [0, 0.1) is 17.6 Å². The Morgan fingerprint density at radius 1 is 1.19 bits per heavy atom. The Hall–Kier alpha value is -1.00. The fourth-order valence-electron chi connectivity index (χ4n) is 1.91. The van der Waals surface area contributed by atoms with Gasteiger partial charge in [-0.25, -0.2) is 8.78 Å². The van der Waals surface area contributed by atoms with Crippen molar-refractivity contribution in [3.63, 3.8) is 0 Å². The van der Waals surface area contributed by atoms with E-state index in [0.717, 1.165) is 18.9 Å². The summed E-state index contributed by atoms with van der Waals surface area (Å²) in [5.41, 5.74) is 6.02. The molecule has 1 aromatic rings. The van der Waals surface area contributed by atoms with Crippen LogP contribution in [-0.4, -0.2) is 12.6 Å². The number of nitrogens with two attached hydrogens (primary N) is 1. The lowest BCUT2D eigenvalue weighted by molar-refractivity contribution is -0.0377. The molecule has 0 atom stereocenters. The van der Waals surface area contributed by atoms with Crippen molar-refractivity contribution in [1.29, 1.82) is 0 Å². The fraction of sp³-hybridized carbons (Fsp3) is 0.500. The first-order chi connectivity index (χ1) is 7.67. The lowest BCUT2D eigenvalue weighted by atomic mass is 9.82. The zero-order chi connectivity index (χ0) is 11.5. The van der Waals surface area contributed by atoms with Crippen molar-refractivity contribution < 1.29 is 13.5 Å². The maximum absolute atomic E-state index is 12.9. The quantitative estimate of drug-likeness (QED) is 0.856. The maximum atomic E-state index is 12.9. The highest BCUT2D eigenvalue weighted by atomic mass is 19.1. The van der Waals surface area contributed by atoms with Gasteiger partial charge in [-0.05, 0) is 43.0 Å². The van der Waals surface area contributed by atoms with E-state index in [2.05, 4.69) is 0 Å². The summed E-state index contributed by atoms with van der Waals surface area (Å²) in [4.78, 5) is 0. The molecule has 1 aliphatic carbocycles. The van der Waals surface area contributed by atoms with E-state index in [4.69, 9.17) is 10.5 Å². The van der Waals surface area contributed by atoms with Gasteiger partial charge in [0.25, 0.3) is 0 Å².